The highest BCUT2D eigenvalue weighted by atomic mass is 35.5. The van der Waals surface area contributed by atoms with Gasteiger partial charge in [0.2, 0.25) is 0 Å². The highest BCUT2D eigenvalue weighted by Gasteiger charge is 2.09. The fourth-order valence-corrected chi connectivity index (χ4v) is 1.57. The number of rotatable bonds is 1. The molecule has 0 radical (unpaired) electrons. The number of hydrogen-bond acceptors (Lipinski definition) is 2. The average molecular weight is 227 g/mol. The van der Waals surface area contributed by atoms with E-state index in [1.54, 1.807) is 19.1 Å². The van der Waals surface area contributed by atoms with Gasteiger partial charge >= 0.3 is 0 Å². The fourth-order valence-electron chi connectivity index (χ4n) is 1.36. The topological polar surface area (TPSA) is 45.8 Å². The second-order valence-electron chi connectivity index (χ2n) is 3.22. The van der Waals surface area contributed by atoms with E-state index < -0.39 is 5.82 Å². The summed E-state index contributed by atoms with van der Waals surface area (Å²) in [5, 5.41) is 0. The zero-order chi connectivity index (χ0) is 11.0. The lowest BCUT2D eigenvalue weighted by Crippen LogP contribution is -2.12. The van der Waals surface area contributed by atoms with Gasteiger partial charge in [0.15, 0.2) is 5.82 Å². The summed E-state index contributed by atoms with van der Waals surface area (Å²) >= 11 is 5.55. The zero-order valence-electron chi connectivity index (χ0n) is 7.97. The van der Waals surface area contributed by atoms with Crippen LogP contribution in [0.15, 0.2) is 16.9 Å². The first-order valence-electron chi connectivity index (χ1n) is 4.37. The van der Waals surface area contributed by atoms with E-state index in [9.17, 15) is 9.18 Å². The molecule has 0 atom stereocenters. The number of aromatic amines is 1. The second kappa shape index (κ2) is 3.62. The van der Waals surface area contributed by atoms with Crippen molar-refractivity contribution in [3.8, 4) is 0 Å². The maximum absolute atomic E-state index is 13.7. The lowest BCUT2D eigenvalue weighted by atomic mass is 10.2. The van der Waals surface area contributed by atoms with E-state index in [4.69, 9.17) is 11.6 Å². The Morgan fingerprint density at radius 1 is 1.53 bits per heavy atom. The summed E-state index contributed by atoms with van der Waals surface area (Å²) in [7, 11) is 0. The Morgan fingerprint density at radius 3 is 2.93 bits per heavy atom. The van der Waals surface area contributed by atoms with Crippen LogP contribution in [0, 0.1) is 12.7 Å². The van der Waals surface area contributed by atoms with Crippen molar-refractivity contribution in [2.45, 2.75) is 12.8 Å². The summed E-state index contributed by atoms with van der Waals surface area (Å²) in [6, 6.07) is 3.20. The Morgan fingerprint density at radius 2 is 2.27 bits per heavy atom. The SMILES string of the molecule is Cc1nc2ccc(CCl)c(F)c2[nH]c1=O. The molecule has 2 aromatic rings. The van der Waals surface area contributed by atoms with Gasteiger partial charge in [-0.25, -0.2) is 9.37 Å². The molecule has 3 nitrogen and oxygen atoms in total. The molecule has 5 heteroatoms. The van der Waals surface area contributed by atoms with Crippen LogP contribution in [-0.2, 0) is 5.88 Å². The van der Waals surface area contributed by atoms with Crippen LogP contribution in [0.4, 0.5) is 4.39 Å². The number of aryl methyl sites for hydroxylation is 1. The molecule has 15 heavy (non-hydrogen) atoms. The lowest BCUT2D eigenvalue weighted by molar-refractivity contribution is 0.625. The highest BCUT2D eigenvalue weighted by Crippen LogP contribution is 2.18. The zero-order valence-corrected chi connectivity index (χ0v) is 8.73. The molecule has 1 aromatic heterocycles. The molecule has 0 aliphatic heterocycles. The molecule has 0 saturated carbocycles. The molecule has 1 heterocycles. The van der Waals surface area contributed by atoms with E-state index in [0.29, 0.717) is 16.8 Å². The first-order valence-corrected chi connectivity index (χ1v) is 4.91. The van der Waals surface area contributed by atoms with Crippen LogP contribution in [0.2, 0.25) is 0 Å². The molecule has 1 N–H and O–H groups in total. The van der Waals surface area contributed by atoms with Gasteiger partial charge in [0.25, 0.3) is 5.56 Å². The van der Waals surface area contributed by atoms with Gasteiger partial charge < -0.3 is 4.98 Å². The predicted octanol–water partition coefficient (Wildman–Crippen LogP) is 2.11. The molecule has 0 spiro atoms. The van der Waals surface area contributed by atoms with Gasteiger partial charge in [-0.15, -0.1) is 11.6 Å². The molecule has 0 fully saturated rings. The van der Waals surface area contributed by atoms with E-state index in [1.165, 1.54) is 0 Å². The molecule has 2 rings (SSSR count). The lowest BCUT2D eigenvalue weighted by Gasteiger charge is -2.03. The molecule has 78 valence electrons. The molecule has 0 aliphatic carbocycles. The maximum atomic E-state index is 13.7. The molecule has 0 aliphatic rings. The number of alkyl halides is 1. The first kappa shape index (κ1) is 10.1. The molecular formula is C10H8ClFN2O. The Hall–Kier alpha value is -1.42. The predicted molar refractivity (Wildman–Crippen MR) is 56.6 cm³/mol. The van der Waals surface area contributed by atoms with Crippen molar-refractivity contribution in [3.63, 3.8) is 0 Å². The van der Waals surface area contributed by atoms with Crippen LogP contribution in [0.5, 0.6) is 0 Å². The number of halogens is 2. The van der Waals surface area contributed by atoms with Crippen molar-refractivity contribution in [1.29, 1.82) is 0 Å². The summed E-state index contributed by atoms with van der Waals surface area (Å²) < 4.78 is 13.7. The van der Waals surface area contributed by atoms with Crippen molar-refractivity contribution in [3.05, 3.63) is 39.6 Å². The van der Waals surface area contributed by atoms with E-state index in [2.05, 4.69) is 9.97 Å². The van der Waals surface area contributed by atoms with Gasteiger partial charge in [-0.2, -0.15) is 0 Å². The van der Waals surface area contributed by atoms with Gasteiger partial charge in [-0.1, -0.05) is 6.07 Å². The Labute approximate surface area is 89.9 Å². The first-order chi connectivity index (χ1) is 7.13. The number of hydrogen-bond donors (Lipinski definition) is 1. The summed E-state index contributed by atoms with van der Waals surface area (Å²) in [5.41, 5.74) is 0.835. The van der Waals surface area contributed by atoms with Crippen molar-refractivity contribution < 1.29 is 4.39 Å². The van der Waals surface area contributed by atoms with Gasteiger partial charge in [0, 0.05) is 5.56 Å². The molecule has 0 bridgehead atoms. The molecule has 0 amide bonds. The molecule has 1 aromatic carbocycles. The Balaban J connectivity index is 2.87. The minimum absolute atomic E-state index is 0.0671. The van der Waals surface area contributed by atoms with E-state index in [1.807, 2.05) is 0 Å². The van der Waals surface area contributed by atoms with Crippen LogP contribution in [0.25, 0.3) is 11.0 Å². The third-order valence-electron chi connectivity index (χ3n) is 2.20. The van der Waals surface area contributed by atoms with Crippen LogP contribution < -0.4 is 5.56 Å². The van der Waals surface area contributed by atoms with Crippen LogP contribution in [0.1, 0.15) is 11.3 Å². The minimum Gasteiger partial charge on any atom is -0.317 e. The van der Waals surface area contributed by atoms with Crippen LogP contribution >= 0.6 is 11.6 Å². The number of nitrogens with zero attached hydrogens (tertiary/aromatic N) is 1. The van der Waals surface area contributed by atoms with E-state index >= 15 is 0 Å². The van der Waals surface area contributed by atoms with Crippen LogP contribution in [-0.4, -0.2) is 9.97 Å². The van der Waals surface area contributed by atoms with Gasteiger partial charge in [0.1, 0.15) is 11.2 Å². The Bertz CT molecular complexity index is 579. The maximum Gasteiger partial charge on any atom is 0.269 e. The smallest absolute Gasteiger partial charge is 0.269 e. The van der Waals surface area contributed by atoms with Crippen molar-refractivity contribution in [1.82, 2.24) is 9.97 Å². The highest BCUT2D eigenvalue weighted by molar-refractivity contribution is 6.17. The number of benzene rings is 1. The number of aromatic nitrogens is 2. The molecular weight excluding hydrogens is 219 g/mol. The van der Waals surface area contributed by atoms with Crippen molar-refractivity contribution in [2.75, 3.05) is 0 Å². The number of nitrogens with one attached hydrogen (secondary N) is 1. The second-order valence-corrected chi connectivity index (χ2v) is 3.49. The van der Waals surface area contributed by atoms with Gasteiger partial charge in [-0.05, 0) is 13.0 Å². The van der Waals surface area contributed by atoms with Crippen molar-refractivity contribution in [2.24, 2.45) is 0 Å². The van der Waals surface area contributed by atoms with Gasteiger partial charge in [-0.3, -0.25) is 4.79 Å². The fraction of sp³-hybridized carbons (Fsp3) is 0.200. The third kappa shape index (κ3) is 1.61. The monoisotopic (exact) mass is 226 g/mol. The Kier molecular flexibility index (Phi) is 2.44. The molecule has 0 unspecified atom stereocenters. The third-order valence-corrected chi connectivity index (χ3v) is 2.49. The minimum atomic E-state index is -0.507. The van der Waals surface area contributed by atoms with Crippen molar-refractivity contribution >= 4 is 22.6 Å². The van der Waals surface area contributed by atoms with E-state index in [-0.39, 0.29) is 17.0 Å². The summed E-state index contributed by atoms with van der Waals surface area (Å²) in [4.78, 5) is 17.7. The number of H-pyrrole nitrogens is 1. The van der Waals surface area contributed by atoms with Crippen LogP contribution in [0.3, 0.4) is 0 Å². The summed E-state index contributed by atoms with van der Waals surface area (Å²) in [6.07, 6.45) is 0. The summed E-state index contributed by atoms with van der Waals surface area (Å²) in [5.74, 6) is -0.440. The molecule has 0 saturated heterocycles. The summed E-state index contributed by atoms with van der Waals surface area (Å²) in [6.45, 7) is 1.58. The normalized spacial score (nSPS) is 10.9. The van der Waals surface area contributed by atoms with E-state index in [0.717, 1.165) is 0 Å². The largest absolute Gasteiger partial charge is 0.317 e. The quantitative estimate of drug-likeness (QED) is 0.757. The average Bonchev–Trinajstić information content (AvgIpc) is 2.22. The number of fused-ring (bicyclic) bond motifs is 1. The van der Waals surface area contributed by atoms with Gasteiger partial charge in [0.05, 0.1) is 11.4 Å². The standard InChI is InChI=1S/C10H8ClFN2O/c1-5-10(15)14-9-7(13-5)3-2-6(4-11)8(9)12/h2-3H,4H2,1H3,(H,14,15).